The van der Waals surface area contributed by atoms with Gasteiger partial charge in [0.25, 0.3) is 0 Å². The molecule has 1 aromatic carbocycles. The molecule has 0 atom stereocenters. The summed E-state index contributed by atoms with van der Waals surface area (Å²) in [6, 6.07) is 7.32. The molecule has 0 aliphatic rings. The van der Waals surface area contributed by atoms with Crippen LogP contribution >= 0.6 is 11.6 Å². The lowest BCUT2D eigenvalue weighted by Gasteiger charge is -2.20. The highest BCUT2D eigenvalue weighted by Gasteiger charge is 2.12. The molecular weight excluding hydrogens is 252 g/mol. The first-order valence-corrected chi connectivity index (χ1v) is 6.03. The molecule has 0 aromatic heterocycles. The third kappa shape index (κ3) is 3.64. The number of anilines is 1. The number of rotatable bonds is 5. The molecule has 96 valence electrons. The Hall–Kier alpha value is -1.73. The van der Waals surface area contributed by atoms with Gasteiger partial charge in [-0.2, -0.15) is 5.26 Å². The number of halogens is 1. The molecule has 1 rings (SSSR count). The Morgan fingerprint density at radius 2 is 2.28 bits per heavy atom. The summed E-state index contributed by atoms with van der Waals surface area (Å²) < 4.78 is 4.85. The Morgan fingerprint density at radius 1 is 1.56 bits per heavy atom. The van der Waals surface area contributed by atoms with Crippen molar-refractivity contribution in [2.24, 2.45) is 0 Å². The summed E-state index contributed by atoms with van der Waals surface area (Å²) in [5.41, 5.74) is 1.14. The van der Waals surface area contributed by atoms with Crippen LogP contribution in [-0.2, 0) is 9.53 Å². The largest absolute Gasteiger partial charge is 0.466 e. The molecule has 0 radical (unpaired) electrons. The Morgan fingerprint density at radius 3 is 2.89 bits per heavy atom. The first-order chi connectivity index (χ1) is 8.60. The fraction of sp³-hybridized carbons (Fsp3) is 0.385. The predicted octanol–water partition coefficient (Wildman–Crippen LogP) is 2.60. The third-order valence-corrected chi connectivity index (χ3v) is 2.79. The molecule has 0 N–H and O–H groups in total. The molecule has 0 unspecified atom stereocenters. The molecule has 4 nitrogen and oxygen atoms in total. The Bertz CT molecular complexity index is 469. The monoisotopic (exact) mass is 266 g/mol. The van der Waals surface area contributed by atoms with Crippen molar-refractivity contribution < 1.29 is 9.53 Å². The van der Waals surface area contributed by atoms with E-state index < -0.39 is 0 Å². The molecule has 5 heteroatoms. The lowest BCUT2D eigenvalue weighted by Crippen LogP contribution is -2.22. The van der Waals surface area contributed by atoms with E-state index in [-0.39, 0.29) is 12.4 Å². The number of carbonyl (C=O) groups excluding carboxylic acids is 1. The van der Waals surface area contributed by atoms with Crippen molar-refractivity contribution in [3.63, 3.8) is 0 Å². The van der Waals surface area contributed by atoms with Crippen LogP contribution in [-0.4, -0.2) is 26.2 Å². The molecule has 18 heavy (non-hydrogen) atoms. The van der Waals surface area contributed by atoms with E-state index in [1.165, 1.54) is 0 Å². The maximum atomic E-state index is 11.3. The number of nitriles is 1. The van der Waals surface area contributed by atoms with Crippen molar-refractivity contribution in [2.75, 3.05) is 25.1 Å². The van der Waals surface area contributed by atoms with Gasteiger partial charge in [0.15, 0.2) is 0 Å². The van der Waals surface area contributed by atoms with E-state index in [1.54, 1.807) is 25.1 Å². The Balaban J connectivity index is 2.73. The molecule has 1 aromatic rings. The molecule has 0 fully saturated rings. The van der Waals surface area contributed by atoms with Gasteiger partial charge in [-0.3, -0.25) is 4.79 Å². The number of carbonyl (C=O) groups is 1. The summed E-state index contributed by atoms with van der Waals surface area (Å²) in [6.07, 6.45) is 0.279. The Kier molecular flexibility index (Phi) is 5.47. The zero-order valence-electron chi connectivity index (χ0n) is 10.4. The number of hydrogen-bond donors (Lipinski definition) is 0. The van der Waals surface area contributed by atoms with Crippen LogP contribution in [0.3, 0.4) is 0 Å². The molecule has 0 aliphatic carbocycles. The van der Waals surface area contributed by atoms with Gasteiger partial charge in [-0.25, -0.2) is 0 Å². The molecule has 0 bridgehead atoms. The van der Waals surface area contributed by atoms with Crippen LogP contribution in [0.1, 0.15) is 18.9 Å². The number of nitrogens with zero attached hydrogens (tertiary/aromatic N) is 2. The summed E-state index contributed by atoms with van der Waals surface area (Å²) >= 11 is 5.95. The van der Waals surface area contributed by atoms with Crippen molar-refractivity contribution in [2.45, 2.75) is 13.3 Å². The summed E-state index contributed by atoms with van der Waals surface area (Å²) in [4.78, 5) is 13.1. The summed E-state index contributed by atoms with van der Waals surface area (Å²) in [7, 11) is 1.81. The predicted molar refractivity (Wildman–Crippen MR) is 70.7 cm³/mol. The lowest BCUT2D eigenvalue weighted by molar-refractivity contribution is -0.142. The van der Waals surface area contributed by atoms with Gasteiger partial charge in [0.1, 0.15) is 6.07 Å². The van der Waals surface area contributed by atoms with E-state index in [0.717, 1.165) is 0 Å². The fourth-order valence-corrected chi connectivity index (χ4v) is 1.77. The number of hydrogen-bond acceptors (Lipinski definition) is 4. The average molecular weight is 267 g/mol. The summed E-state index contributed by atoms with van der Waals surface area (Å²) in [6.45, 7) is 2.63. The van der Waals surface area contributed by atoms with Gasteiger partial charge in [0.2, 0.25) is 0 Å². The van der Waals surface area contributed by atoms with Crippen LogP contribution in [0.5, 0.6) is 0 Å². The maximum absolute atomic E-state index is 11.3. The van der Waals surface area contributed by atoms with Gasteiger partial charge < -0.3 is 9.64 Å². The average Bonchev–Trinajstić information content (AvgIpc) is 2.36. The quantitative estimate of drug-likeness (QED) is 0.769. The van der Waals surface area contributed by atoms with Crippen molar-refractivity contribution in [1.29, 1.82) is 5.26 Å². The Labute approximate surface area is 112 Å². The van der Waals surface area contributed by atoms with Crippen molar-refractivity contribution in [1.82, 2.24) is 0 Å². The third-order valence-electron chi connectivity index (χ3n) is 2.47. The first-order valence-electron chi connectivity index (χ1n) is 5.65. The second-order valence-corrected chi connectivity index (χ2v) is 4.13. The molecule has 0 saturated heterocycles. The van der Waals surface area contributed by atoms with Gasteiger partial charge in [-0.15, -0.1) is 0 Å². The van der Waals surface area contributed by atoms with Crippen LogP contribution in [0, 0.1) is 11.3 Å². The number of benzene rings is 1. The topological polar surface area (TPSA) is 53.3 Å². The highest BCUT2D eigenvalue weighted by molar-refractivity contribution is 6.32. The van der Waals surface area contributed by atoms with E-state index in [9.17, 15) is 4.79 Å². The van der Waals surface area contributed by atoms with Crippen LogP contribution in [0.2, 0.25) is 5.02 Å². The second kappa shape index (κ2) is 6.87. The zero-order chi connectivity index (χ0) is 13.5. The van der Waals surface area contributed by atoms with E-state index in [4.69, 9.17) is 21.6 Å². The van der Waals surface area contributed by atoms with Gasteiger partial charge in [0.05, 0.1) is 29.3 Å². The van der Waals surface area contributed by atoms with Crippen molar-refractivity contribution in [3.8, 4) is 6.07 Å². The molecule has 0 aliphatic heterocycles. The highest BCUT2D eigenvalue weighted by atomic mass is 35.5. The van der Waals surface area contributed by atoms with E-state index in [2.05, 4.69) is 6.07 Å². The highest BCUT2D eigenvalue weighted by Crippen LogP contribution is 2.25. The van der Waals surface area contributed by atoms with Crippen molar-refractivity contribution in [3.05, 3.63) is 28.8 Å². The SMILES string of the molecule is CCOC(=O)CCN(C)c1cccc(Cl)c1C#N. The standard InChI is InChI=1S/C13H15ClN2O2/c1-3-18-13(17)7-8-16(2)12-6-4-5-11(14)10(12)9-15/h4-6H,3,7-8H2,1-2H3. The van der Waals surface area contributed by atoms with Crippen LogP contribution in [0.25, 0.3) is 0 Å². The zero-order valence-corrected chi connectivity index (χ0v) is 11.2. The molecule has 0 amide bonds. The number of esters is 1. The minimum Gasteiger partial charge on any atom is -0.466 e. The fourth-order valence-electron chi connectivity index (χ4n) is 1.55. The van der Waals surface area contributed by atoms with Gasteiger partial charge in [0, 0.05) is 13.6 Å². The maximum Gasteiger partial charge on any atom is 0.307 e. The normalized spacial score (nSPS) is 9.67. The van der Waals surface area contributed by atoms with Gasteiger partial charge >= 0.3 is 5.97 Å². The summed E-state index contributed by atoms with van der Waals surface area (Å²) in [5, 5.41) is 9.47. The smallest absolute Gasteiger partial charge is 0.307 e. The second-order valence-electron chi connectivity index (χ2n) is 3.72. The van der Waals surface area contributed by atoms with E-state index in [0.29, 0.717) is 29.4 Å². The van der Waals surface area contributed by atoms with Crippen LogP contribution in [0.15, 0.2) is 18.2 Å². The van der Waals surface area contributed by atoms with Gasteiger partial charge in [-0.05, 0) is 19.1 Å². The van der Waals surface area contributed by atoms with Crippen LogP contribution < -0.4 is 4.90 Å². The minimum atomic E-state index is -0.245. The van der Waals surface area contributed by atoms with E-state index in [1.807, 2.05) is 11.9 Å². The minimum absolute atomic E-state index is 0.245. The molecule has 0 saturated carbocycles. The van der Waals surface area contributed by atoms with E-state index >= 15 is 0 Å². The molecule has 0 heterocycles. The van der Waals surface area contributed by atoms with Crippen molar-refractivity contribution >= 4 is 23.3 Å². The molecule has 0 spiro atoms. The summed E-state index contributed by atoms with van der Waals surface area (Å²) in [5.74, 6) is -0.245. The molecular formula is C13H15ClN2O2. The number of ether oxygens (including phenoxy) is 1. The van der Waals surface area contributed by atoms with Gasteiger partial charge in [-0.1, -0.05) is 17.7 Å². The first kappa shape index (κ1) is 14.3. The lowest BCUT2D eigenvalue weighted by atomic mass is 10.1. The van der Waals surface area contributed by atoms with Crippen LogP contribution in [0.4, 0.5) is 5.69 Å².